The van der Waals surface area contributed by atoms with Crippen molar-refractivity contribution < 1.29 is 4.74 Å². The van der Waals surface area contributed by atoms with Crippen molar-refractivity contribution >= 4 is 29.9 Å². The molecule has 0 atom stereocenters. The number of guanidine groups is 1. The topological polar surface area (TPSA) is 45.7 Å². The fraction of sp³-hybridized carbons (Fsp3) is 0.286. The molecule has 1 aliphatic carbocycles. The van der Waals surface area contributed by atoms with Crippen LogP contribution in [0.1, 0.15) is 24.0 Å². The van der Waals surface area contributed by atoms with Gasteiger partial charge in [0.2, 0.25) is 0 Å². The van der Waals surface area contributed by atoms with Crippen molar-refractivity contribution in [2.75, 3.05) is 7.05 Å². The fourth-order valence-electron chi connectivity index (χ4n) is 2.79. The molecule has 138 valence electrons. The summed E-state index contributed by atoms with van der Waals surface area (Å²) in [4.78, 5) is 4.30. The van der Waals surface area contributed by atoms with Crippen molar-refractivity contribution in [3.8, 4) is 5.75 Å². The lowest BCUT2D eigenvalue weighted by molar-refractivity contribution is 0.306. The molecular weight excluding hydrogens is 437 g/mol. The molecule has 2 aromatic rings. The Morgan fingerprint density at radius 3 is 2.50 bits per heavy atom. The van der Waals surface area contributed by atoms with E-state index in [0.29, 0.717) is 19.2 Å². The van der Waals surface area contributed by atoms with Crippen molar-refractivity contribution in [2.45, 2.75) is 32.0 Å². The van der Waals surface area contributed by atoms with Gasteiger partial charge in [-0.3, -0.25) is 4.99 Å². The number of hydrogen-bond donors (Lipinski definition) is 2. The van der Waals surface area contributed by atoms with Crippen molar-refractivity contribution in [1.29, 1.82) is 0 Å². The zero-order valence-electron chi connectivity index (χ0n) is 15.0. The Morgan fingerprint density at radius 2 is 1.77 bits per heavy atom. The molecule has 0 aromatic heterocycles. The highest BCUT2D eigenvalue weighted by atomic mass is 127. The van der Waals surface area contributed by atoms with Crippen LogP contribution in [-0.2, 0) is 13.2 Å². The van der Waals surface area contributed by atoms with E-state index in [2.05, 4.69) is 52.0 Å². The second-order valence-corrected chi connectivity index (χ2v) is 6.13. The number of nitrogens with zero attached hydrogens (tertiary/aromatic N) is 1. The Hall–Kier alpha value is -2.02. The smallest absolute Gasteiger partial charge is 0.191 e. The molecule has 0 saturated heterocycles. The van der Waals surface area contributed by atoms with Crippen LogP contribution >= 0.6 is 24.0 Å². The Morgan fingerprint density at radius 1 is 1.04 bits per heavy atom. The van der Waals surface area contributed by atoms with Gasteiger partial charge in [-0.05, 0) is 36.1 Å². The van der Waals surface area contributed by atoms with Crippen molar-refractivity contribution in [3.63, 3.8) is 0 Å². The highest BCUT2D eigenvalue weighted by Crippen LogP contribution is 2.15. The van der Waals surface area contributed by atoms with E-state index < -0.39 is 0 Å². The van der Waals surface area contributed by atoms with Crippen LogP contribution in [0.3, 0.4) is 0 Å². The molecule has 0 amide bonds. The lowest BCUT2D eigenvalue weighted by Crippen LogP contribution is -2.42. The summed E-state index contributed by atoms with van der Waals surface area (Å²) in [7, 11) is 1.80. The summed E-state index contributed by atoms with van der Waals surface area (Å²) in [5.74, 6) is 1.72. The fourth-order valence-corrected chi connectivity index (χ4v) is 2.79. The van der Waals surface area contributed by atoms with E-state index in [1.54, 1.807) is 7.05 Å². The normalized spacial score (nSPS) is 14.0. The minimum Gasteiger partial charge on any atom is -0.489 e. The summed E-state index contributed by atoms with van der Waals surface area (Å²) in [5.41, 5.74) is 2.33. The standard InChI is InChI=1S/C21H25N3O.HI/c1-22-21(24-19-11-5-6-12-19)23-15-18-10-7-13-20(14-18)25-16-17-8-3-2-4-9-17;/h2-10,13-14,19H,11-12,15-16H2,1H3,(H2,22,23,24);1H. The molecular formula is C21H26IN3O. The molecule has 0 unspecified atom stereocenters. The predicted octanol–water partition coefficient (Wildman–Crippen LogP) is 4.27. The van der Waals surface area contributed by atoms with Gasteiger partial charge in [0.25, 0.3) is 0 Å². The van der Waals surface area contributed by atoms with Gasteiger partial charge in [0.1, 0.15) is 12.4 Å². The van der Waals surface area contributed by atoms with E-state index in [9.17, 15) is 0 Å². The monoisotopic (exact) mass is 463 g/mol. The average Bonchev–Trinajstić information content (AvgIpc) is 3.18. The third-order valence-electron chi connectivity index (χ3n) is 4.18. The second kappa shape index (κ2) is 10.9. The van der Waals surface area contributed by atoms with Crippen molar-refractivity contribution in [1.82, 2.24) is 10.6 Å². The molecule has 0 bridgehead atoms. The van der Waals surface area contributed by atoms with Gasteiger partial charge in [0.05, 0.1) is 0 Å². The van der Waals surface area contributed by atoms with Gasteiger partial charge in [-0.15, -0.1) is 24.0 Å². The highest BCUT2D eigenvalue weighted by molar-refractivity contribution is 14.0. The molecule has 0 fully saturated rings. The molecule has 1 aliphatic rings. The molecule has 26 heavy (non-hydrogen) atoms. The SMILES string of the molecule is CN=C(NCc1cccc(OCc2ccccc2)c1)NC1CC=CC1.I. The summed E-state index contributed by atoms with van der Waals surface area (Å²) in [6.45, 7) is 1.29. The number of nitrogens with one attached hydrogen (secondary N) is 2. The Kier molecular flexibility index (Phi) is 8.47. The van der Waals surface area contributed by atoms with Crippen LogP contribution in [0, 0.1) is 0 Å². The molecule has 2 N–H and O–H groups in total. The number of benzene rings is 2. The quantitative estimate of drug-likeness (QED) is 0.291. The van der Waals surface area contributed by atoms with Crippen LogP contribution in [0.5, 0.6) is 5.75 Å². The zero-order valence-corrected chi connectivity index (χ0v) is 17.4. The van der Waals surface area contributed by atoms with Crippen LogP contribution in [-0.4, -0.2) is 19.0 Å². The third kappa shape index (κ3) is 6.37. The molecule has 2 aromatic carbocycles. The summed E-state index contributed by atoms with van der Waals surface area (Å²) in [5, 5.41) is 6.81. The van der Waals surface area contributed by atoms with Crippen molar-refractivity contribution in [3.05, 3.63) is 77.9 Å². The first kappa shape index (κ1) is 20.3. The van der Waals surface area contributed by atoms with Gasteiger partial charge in [-0.25, -0.2) is 0 Å². The van der Waals surface area contributed by atoms with Gasteiger partial charge < -0.3 is 15.4 Å². The Bertz CT molecular complexity index is 723. The molecule has 0 radical (unpaired) electrons. The highest BCUT2D eigenvalue weighted by Gasteiger charge is 2.11. The first-order valence-corrected chi connectivity index (χ1v) is 8.71. The first-order valence-electron chi connectivity index (χ1n) is 8.71. The van der Waals surface area contributed by atoms with Crippen LogP contribution < -0.4 is 15.4 Å². The van der Waals surface area contributed by atoms with E-state index in [0.717, 1.165) is 30.1 Å². The lowest BCUT2D eigenvalue weighted by Gasteiger charge is -2.17. The third-order valence-corrected chi connectivity index (χ3v) is 4.18. The molecule has 3 rings (SSSR count). The van der Waals surface area contributed by atoms with E-state index in [4.69, 9.17) is 4.74 Å². The molecule has 0 heterocycles. The largest absolute Gasteiger partial charge is 0.489 e. The van der Waals surface area contributed by atoms with Gasteiger partial charge >= 0.3 is 0 Å². The molecule has 4 nitrogen and oxygen atoms in total. The maximum atomic E-state index is 5.89. The number of hydrogen-bond acceptors (Lipinski definition) is 2. The molecule has 5 heteroatoms. The Balaban J connectivity index is 0.00000243. The summed E-state index contributed by atoms with van der Waals surface area (Å²) >= 11 is 0. The second-order valence-electron chi connectivity index (χ2n) is 6.13. The van der Waals surface area contributed by atoms with Gasteiger partial charge in [0, 0.05) is 19.6 Å². The van der Waals surface area contributed by atoms with Gasteiger partial charge in [-0.2, -0.15) is 0 Å². The van der Waals surface area contributed by atoms with E-state index in [-0.39, 0.29) is 24.0 Å². The van der Waals surface area contributed by atoms with E-state index in [1.165, 1.54) is 5.56 Å². The number of halogens is 1. The molecule has 0 aliphatic heterocycles. The number of ether oxygens (including phenoxy) is 1. The van der Waals surface area contributed by atoms with Crippen LogP contribution in [0.2, 0.25) is 0 Å². The molecule has 0 saturated carbocycles. The van der Waals surface area contributed by atoms with E-state index in [1.807, 2.05) is 30.3 Å². The van der Waals surface area contributed by atoms with Crippen molar-refractivity contribution in [2.24, 2.45) is 4.99 Å². The minimum absolute atomic E-state index is 0. The zero-order chi connectivity index (χ0) is 17.3. The summed E-state index contributed by atoms with van der Waals surface area (Å²) in [6, 6.07) is 18.8. The van der Waals surface area contributed by atoms with Gasteiger partial charge in [0.15, 0.2) is 5.96 Å². The maximum Gasteiger partial charge on any atom is 0.191 e. The van der Waals surface area contributed by atoms with E-state index >= 15 is 0 Å². The average molecular weight is 463 g/mol. The maximum absolute atomic E-state index is 5.89. The van der Waals surface area contributed by atoms with Crippen LogP contribution in [0.4, 0.5) is 0 Å². The predicted molar refractivity (Wildman–Crippen MR) is 118 cm³/mol. The van der Waals surface area contributed by atoms with Gasteiger partial charge in [-0.1, -0.05) is 54.6 Å². The number of rotatable bonds is 6. The Labute approximate surface area is 172 Å². The lowest BCUT2D eigenvalue weighted by atomic mass is 10.2. The number of aliphatic imine (C=N–C) groups is 1. The van der Waals surface area contributed by atoms with Crippen LogP contribution in [0.15, 0.2) is 71.7 Å². The summed E-state index contributed by atoms with van der Waals surface area (Å²) in [6.07, 6.45) is 6.53. The first-order chi connectivity index (χ1) is 12.3. The summed E-state index contributed by atoms with van der Waals surface area (Å²) < 4.78 is 5.89. The molecule has 0 spiro atoms. The van der Waals surface area contributed by atoms with Crippen LogP contribution in [0.25, 0.3) is 0 Å². The minimum atomic E-state index is 0.